The lowest BCUT2D eigenvalue weighted by atomic mass is 9.78. The lowest BCUT2D eigenvalue weighted by Crippen LogP contribution is -2.19. The molecule has 100 valence electrons. The molecule has 1 aromatic rings. The minimum absolute atomic E-state index is 0.694. The van der Waals surface area contributed by atoms with Crippen LogP contribution in [0.2, 0.25) is 0 Å². The number of hydrogen-bond donors (Lipinski definition) is 1. The van der Waals surface area contributed by atoms with Crippen LogP contribution < -0.4 is 5.32 Å². The highest BCUT2D eigenvalue weighted by Gasteiger charge is 2.37. The minimum Gasteiger partial charge on any atom is -0.356 e. The number of fused-ring (bicyclic) bond motifs is 1. The molecule has 20 heavy (non-hydrogen) atoms. The molecule has 0 bridgehead atoms. The minimum atomic E-state index is 0.694. The van der Waals surface area contributed by atoms with E-state index in [0.29, 0.717) is 5.92 Å². The molecule has 0 saturated heterocycles. The molecule has 1 N–H and O–H groups in total. The fourth-order valence-corrected chi connectivity index (χ4v) is 3.38. The van der Waals surface area contributed by atoms with E-state index in [0.717, 1.165) is 23.9 Å². The van der Waals surface area contributed by atoms with E-state index in [-0.39, 0.29) is 0 Å². The summed E-state index contributed by atoms with van der Waals surface area (Å²) in [6.45, 7) is 0. The van der Waals surface area contributed by atoms with E-state index in [1.807, 2.05) is 6.07 Å². The number of anilines is 1. The summed E-state index contributed by atoms with van der Waals surface area (Å²) in [5, 5.41) is 3.47. The Morgan fingerprint density at radius 2 is 1.90 bits per heavy atom. The summed E-state index contributed by atoms with van der Waals surface area (Å²) in [6.07, 6.45) is 16.4. The van der Waals surface area contributed by atoms with Gasteiger partial charge in [-0.25, -0.2) is 0 Å². The molecule has 3 aliphatic carbocycles. The first-order valence-electron chi connectivity index (χ1n) is 7.49. The van der Waals surface area contributed by atoms with Gasteiger partial charge in [0.15, 0.2) is 0 Å². The van der Waals surface area contributed by atoms with Gasteiger partial charge < -0.3 is 5.32 Å². The number of para-hydroxylation sites is 1. The van der Waals surface area contributed by atoms with Gasteiger partial charge in [0, 0.05) is 17.3 Å². The van der Waals surface area contributed by atoms with Crippen LogP contribution in [-0.2, 0) is 0 Å². The van der Waals surface area contributed by atoms with Crippen molar-refractivity contribution < 1.29 is 0 Å². The van der Waals surface area contributed by atoms with Crippen LogP contribution in [-0.4, -0.2) is 0 Å². The van der Waals surface area contributed by atoms with Crippen molar-refractivity contribution in [3.63, 3.8) is 0 Å². The number of benzene rings is 1. The van der Waals surface area contributed by atoms with Crippen LogP contribution in [0.25, 0.3) is 0 Å². The Labute approximate surface area is 120 Å². The Bertz CT molecular complexity index is 618. The quantitative estimate of drug-likeness (QED) is 0.832. The molecule has 1 aromatic carbocycles. The molecule has 0 spiro atoms. The third-order valence-corrected chi connectivity index (χ3v) is 4.57. The molecule has 2 unspecified atom stereocenters. The van der Waals surface area contributed by atoms with Crippen LogP contribution in [0.4, 0.5) is 5.69 Å². The maximum atomic E-state index is 3.47. The topological polar surface area (TPSA) is 12.0 Å². The number of hydrogen-bond acceptors (Lipinski definition) is 1. The van der Waals surface area contributed by atoms with Crippen molar-refractivity contribution in [1.29, 1.82) is 0 Å². The van der Waals surface area contributed by atoms with E-state index < -0.39 is 0 Å². The Morgan fingerprint density at radius 1 is 1.00 bits per heavy atom. The smallest absolute Gasteiger partial charge is 0.0384 e. The van der Waals surface area contributed by atoms with Crippen LogP contribution in [0.15, 0.2) is 78.1 Å². The zero-order chi connectivity index (χ0) is 13.4. The van der Waals surface area contributed by atoms with Gasteiger partial charge in [-0.2, -0.15) is 0 Å². The molecule has 0 radical (unpaired) electrons. The second kappa shape index (κ2) is 4.82. The Hall–Kier alpha value is -2.02. The average molecular weight is 261 g/mol. The normalized spacial score (nSPS) is 30.3. The van der Waals surface area contributed by atoms with Crippen LogP contribution >= 0.6 is 0 Å². The zero-order valence-electron chi connectivity index (χ0n) is 11.5. The van der Waals surface area contributed by atoms with E-state index in [9.17, 15) is 0 Å². The maximum Gasteiger partial charge on any atom is 0.0384 e. The molecule has 0 amide bonds. The molecular weight excluding hydrogens is 242 g/mol. The summed E-state index contributed by atoms with van der Waals surface area (Å²) in [6, 6.07) is 10.4. The number of rotatable bonds is 3. The van der Waals surface area contributed by atoms with E-state index in [1.54, 1.807) is 5.57 Å². The highest BCUT2D eigenvalue weighted by molar-refractivity contribution is 5.51. The van der Waals surface area contributed by atoms with Crippen molar-refractivity contribution >= 4 is 5.69 Å². The fourth-order valence-electron chi connectivity index (χ4n) is 3.38. The van der Waals surface area contributed by atoms with Crippen LogP contribution in [0.3, 0.4) is 0 Å². The van der Waals surface area contributed by atoms with Crippen molar-refractivity contribution in [2.75, 3.05) is 5.32 Å². The summed E-state index contributed by atoms with van der Waals surface area (Å²) in [4.78, 5) is 0. The van der Waals surface area contributed by atoms with Crippen LogP contribution in [0.1, 0.15) is 12.8 Å². The molecule has 0 aliphatic heterocycles. The third kappa shape index (κ3) is 2.24. The molecule has 1 nitrogen and oxygen atoms in total. The van der Waals surface area contributed by atoms with Crippen molar-refractivity contribution in [2.24, 2.45) is 17.8 Å². The van der Waals surface area contributed by atoms with E-state index >= 15 is 0 Å². The molecule has 3 aliphatic rings. The van der Waals surface area contributed by atoms with Crippen molar-refractivity contribution in [1.82, 2.24) is 0 Å². The standard InChI is InChI=1S/C19H19N/c1-2-6-16(7-3-1)20-17-11-9-14(10-12-17)18-8-4-5-15-13-19(15)18/h1-7,9,11-14,18-20H,8,10H2/t14?,18?,19-/m0/s1. The van der Waals surface area contributed by atoms with Crippen molar-refractivity contribution in [3.05, 3.63) is 78.1 Å². The van der Waals surface area contributed by atoms with Gasteiger partial charge in [0.25, 0.3) is 0 Å². The van der Waals surface area contributed by atoms with E-state index in [1.165, 1.54) is 12.1 Å². The second-order valence-corrected chi connectivity index (χ2v) is 5.90. The SMILES string of the molecule is C1=CC2=C[C@@H]2C(C2C=CC(Nc3ccccc3)=CC2)C1. The van der Waals surface area contributed by atoms with Gasteiger partial charge in [0.2, 0.25) is 0 Å². The monoisotopic (exact) mass is 261 g/mol. The van der Waals surface area contributed by atoms with Gasteiger partial charge in [0.05, 0.1) is 0 Å². The van der Waals surface area contributed by atoms with E-state index in [2.05, 4.69) is 66.0 Å². The maximum absolute atomic E-state index is 3.47. The van der Waals surface area contributed by atoms with Crippen LogP contribution in [0, 0.1) is 17.8 Å². The highest BCUT2D eigenvalue weighted by atomic mass is 14.9. The van der Waals surface area contributed by atoms with Gasteiger partial charge in [-0.15, -0.1) is 0 Å². The zero-order valence-corrected chi connectivity index (χ0v) is 11.5. The predicted molar refractivity (Wildman–Crippen MR) is 84.2 cm³/mol. The number of nitrogens with one attached hydrogen (secondary N) is 1. The molecule has 0 aromatic heterocycles. The van der Waals surface area contributed by atoms with Gasteiger partial charge >= 0.3 is 0 Å². The summed E-state index contributed by atoms with van der Waals surface area (Å²) in [7, 11) is 0. The lowest BCUT2D eigenvalue weighted by molar-refractivity contribution is 0.360. The molecule has 0 saturated carbocycles. The van der Waals surface area contributed by atoms with Crippen LogP contribution in [0.5, 0.6) is 0 Å². The highest BCUT2D eigenvalue weighted by Crippen LogP contribution is 2.47. The first-order chi connectivity index (χ1) is 9.90. The van der Waals surface area contributed by atoms with Gasteiger partial charge in [0.1, 0.15) is 0 Å². The second-order valence-electron chi connectivity index (χ2n) is 5.90. The van der Waals surface area contributed by atoms with Gasteiger partial charge in [-0.1, -0.05) is 48.6 Å². The third-order valence-electron chi connectivity index (χ3n) is 4.57. The van der Waals surface area contributed by atoms with E-state index in [4.69, 9.17) is 0 Å². The number of allylic oxidation sites excluding steroid dienone is 7. The van der Waals surface area contributed by atoms with Gasteiger partial charge in [-0.05, 0) is 48.5 Å². The molecular formula is C19H19N. The Balaban J connectivity index is 1.40. The summed E-state index contributed by atoms with van der Waals surface area (Å²) in [5.74, 6) is 2.26. The van der Waals surface area contributed by atoms with Crippen molar-refractivity contribution in [2.45, 2.75) is 12.8 Å². The lowest BCUT2D eigenvalue weighted by Gasteiger charge is -2.27. The Morgan fingerprint density at radius 3 is 2.70 bits per heavy atom. The fraction of sp³-hybridized carbons (Fsp3) is 0.263. The summed E-state index contributed by atoms with van der Waals surface area (Å²) >= 11 is 0. The molecule has 4 rings (SSSR count). The molecule has 0 heterocycles. The predicted octanol–water partition coefficient (Wildman–Crippen LogP) is 4.69. The largest absolute Gasteiger partial charge is 0.356 e. The molecule has 0 fully saturated rings. The average Bonchev–Trinajstić information content (AvgIpc) is 3.28. The van der Waals surface area contributed by atoms with Gasteiger partial charge in [-0.3, -0.25) is 0 Å². The molecule has 3 atom stereocenters. The first-order valence-corrected chi connectivity index (χ1v) is 7.49. The van der Waals surface area contributed by atoms with Crippen molar-refractivity contribution in [3.8, 4) is 0 Å². The first kappa shape index (κ1) is 11.8. The molecule has 1 heteroatoms. The summed E-state index contributed by atoms with van der Waals surface area (Å²) in [5.41, 5.74) is 3.95. The summed E-state index contributed by atoms with van der Waals surface area (Å²) < 4.78 is 0. The Kier molecular flexibility index (Phi) is 2.84.